The van der Waals surface area contributed by atoms with E-state index in [-0.39, 0.29) is 17.8 Å². The zero-order chi connectivity index (χ0) is 66.6. The van der Waals surface area contributed by atoms with Gasteiger partial charge in [0.1, 0.15) is 0 Å². The maximum absolute atomic E-state index is 15.5. The number of anilines is 6. The average Bonchev–Trinajstić information content (AvgIpc) is 0.914. The number of benzene rings is 14. The first-order chi connectivity index (χ1) is 47.7. The summed E-state index contributed by atoms with van der Waals surface area (Å²) in [7, 11) is 0. The summed E-state index contributed by atoms with van der Waals surface area (Å²) in [6, 6.07) is 106. The van der Waals surface area contributed by atoms with Crippen molar-refractivity contribution in [3.8, 4) is 83.6 Å². The number of nitrogens with zero attached hydrogens (tertiary/aromatic N) is 3. The van der Waals surface area contributed by atoms with E-state index in [1.807, 2.05) is 47.0 Å². The van der Waals surface area contributed by atoms with Crippen LogP contribution >= 0.6 is 0 Å². The van der Waals surface area contributed by atoms with Gasteiger partial charge in [0, 0.05) is 50.5 Å². The van der Waals surface area contributed by atoms with Crippen molar-refractivity contribution in [2.24, 2.45) is 0 Å². The van der Waals surface area contributed by atoms with Gasteiger partial charge in [-0.3, -0.25) is 0 Å². The Morgan fingerprint density at radius 2 is 0.745 bits per heavy atom. The van der Waals surface area contributed by atoms with Crippen molar-refractivity contribution in [2.45, 2.75) is 26.2 Å². The summed E-state index contributed by atoms with van der Waals surface area (Å²) < 4.78 is 90.9. The number of hydrogen-bond donors (Lipinski definition) is 0. The molecule has 0 N–H and O–H groups in total. The molecule has 2 aliphatic heterocycles. The number of alkyl halides is 6. The highest BCUT2D eigenvalue weighted by Gasteiger charge is 2.44. The predicted molar refractivity (Wildman–Crippen MR) is 392 cm³/mol. The number of halogens is 6. The first-order valence-corrected chi connectivity index (χ1v) is 32.7. The quantitative estimate of drug-likeness (QED) is 0.0999. The molecule has 3 nitrogen and oxygen atoms in total. The van der Waals surface area contributed by atoms with Gasteiger partial charge in [-0.15, -0.1) is 0 Å². The molecule has 0 amide bonds. The van der Waals surface area contributed by atoms with Crippen LogP contribution in [0.15, 0.2) is 315 Å². The predicted octanol–water partition coefficient (Wildman–Crippen LogP) is 23.2. The Bertz CT molecular complexity index is 5330. The number of aryl methyl sites for hydroxylation is 2. The molecular formula is C88H58BF6N3. The van der Waals surface area contributed by atoms with Crippen molar-refractivity contribution in [1.29, 1.82) is 0 Å². The smallest absolute Gasteiger partial charge is 0.311 e. The molecule has 3 heterocycles. The van der Waals surface area contributed by atoms with E-state index in [1.165, 1.54) is 23.1 Å². The lowest BCUT2D eigenvalue weighted by Gasteiger charge is -2.44. The van der Waals surface area contributed by atoms with E-state index in [2.05, 4.69) is 228 Å². The zero-order valence-corrected chi connectivity index (χ0v) is 53.2. The van der Waals surface area contributed by atoms with E-state index in [1.54, 1.807) is 38.1 Å². The van der Waals surface area contributed by atoms with Gasteiger partial charge in [0.25, 0.3) is 6.71 Å². The van der Waals surface area contributed by atoms with E-state index >= 15 is 13.2 Å². The largest absolute Gasteiger partial charge is 0.417 e. The highest BCUT2D eigenvalue weighted by Crippen LogP contribution is 2.51. The molecule has 1 aromatic heterocycles. The van der Waals surface area contributed by atoms with Crippen LogP contribution in [0.1, 0.15) is 22.3 Å². The monoisotopic (exact) mass is 1280 g/mol. The summed E-state index contributed by atoms with van der Waals surface area (Å²) in [5.74, 6) is 0. The Hall–Kier alpha value is -11.9. The van der Waals surface area contributed by atoms with Crippen LogP contribution in [0, 0.1) is 13.8 Å². The fourth-order valence-electron chi connectivity index (χ4n) is 15.1. The van der Waals surface area contributed by atoms with Crippen LogP contribution in [-0.2, 0) is 12.4 Å². The molecule has 17 rings (SSSR count). The Morgan fingerprint density at radius 3 is 1.26 bits per heavy atom. The molecule has 15 aromatic rings. The van der Waals surface area contributed by atoms with Crippen LogP contribution in [0.2, 0.25) is 0 Å². The zero-order valence-electron chi connectivity index (χ0n) is 53.2. The van der Waals surface area contributed by atoms with Gasteiger partial charge in [0.2, 0.25) is 0 Å². The van der Waals surface area contributed by atoms with Crippen molar-refractivity contribution in [1.82, 2.24) is 4.57 Å². The lowest BCUT2D eigenvalue weighted by Crippen LogP contribution is -2.61. The van der Waals surface area contributed by atoms with Gasteiger partial charge in [0.05, 0.1) is 27.8 Å². The summed E-state index contributed by atoms with van der Waals surface area (Å²) in [6.07, 6.45) is -9.33. The second-order valence-corrected chi connectivity index (χ2v) is 25.5. The SMILES string of the molecule is Cc1ccc(-c2cc(-c3ccc(C(F)(F)F)cc3C)ccc2-n2c3ccccc3c3cc(-c4cc5c6c(c4)N(c4cc(-c7ccccc7)cc(-c7ccccc7)c4)c4ccccc4B6c4ccccc4N5c4cc(-c5ccccc5)cc(-c5ccccc5)c4)ccc32)c(C(F)(F)F)c1. The summed E-state index contributed by atoms with van der Waals surface area (Å²) in [4.78, 5) is 4.91. The van der Waals surface area contributed by atoms with Crippen LogP contribution in [-0.4, -0.2) is 11.3 Å². The molecule has 10 heteroatoms. The molecule has 0 saturated carbocycles. The molecule has 98 heavy (non-hydrogen) atoms. The maximum Gasteiger partial charge on any atom is 0.417 e. The van der Waals surface area contributed by atoms with Crippen LogP contribution in [0.25, 0.3) is 105 Å². The van der Waals surface area contributed by atoms with E-state index in [9.17, 15) is 13.2 Å². The van der Waals surface area contributed by atoms with Crippen LogP contribution in [0.4, 0.5) is 60.5 Å². The number of hydrogen-bond acceptors (Lipinski definition) is 2. The summed E-state index contributed by atoms with van der Waals surface area (Å²) in [5.41, 5.74) is 22.3. The Labute approximate surface area is 564 Å². The topological polar surface area (TPSA) is 11.4 Å². The van der Waals surface area contributed by atoms with E-state index in [0.717, 1.165) is 135 Å². The molecule has 0 saturated heterocycles. The molecule has 0 atom stereocenters. The second-order valence-electron chi connectivity index (χ2n) is 25.5. The summed E-state index contributed by atoms with van der Waals surface area (Å²) in [6.45, 7) is 3.03. The van der Waals surface area contributed by atoms with E-state index in [4.69, 9.17) is 0 Å². The molecule has 0 unspecified atom stereocenters. The lowest BCUT2D eigenvalue weighted by molar-refractivity contribution is -0.138. The van der Waals surface area contributed by atoms with Crippen molar-refractivity contribution >= 4 is 79.0 Å². The van der Waals surface area contributed by atoms with E-state index in [0.29, 0.717) is 27.9 Å². The third-order valence-corrected chi connectivity index (χ3v) is 19.5. The number of fused-ring (bicyclic) bond motifs is 7. The Kier molecular flexibility index (Phi) is 14.3. The minimum absolute atomic E-state index is 0.0546. The fourth-order valence-corrected chi connectivity index (χ4v) is 15.1. The third-order valence-electron chi connectivity index (χ3n) is 19.5. The first kappa shape index (κ1) is 59.8. The number of aromatic nitrogens is 1. The second kappa shape index (κ2) is 23.5. The van der Waals surface area contributed by atoms with Gasteiger partial charge >= 0.3 is 12.4 Å². The maximum atomic E-state index is 15.5. The number of para-hydroxylation sites is 3. The Morgan fingerprint density at radius 1 is 0.286 bits per heavy atom. The summed E-state index contributed by atoms with van der Waals surface area (Å²) >= 11 is 0. The molecule has 0 fully saturated rings. The van der Waals surface area contributed by atoms with Gasteiger partial charge in [-0.2, -0.15) is 26.3 Å². The molecule has 0 bridgehead atoms. The number of rotatable bonds is 10. The van der Waals surface area contributed by atoms with Crippen molar-refractivity contribution in [3.05, 3.63) is 338 Å². The molecule has 0 aliphatic carbocycles. The molecule has 0 radical (unpaired) electrons. The Balaban J connectivity index is 0.935. The van der Waals surface area contributed by atoms with Crippen LogP contribution in [0.5, 0.6) is 0 Å². The van der Waals surface area contributed by atoms with Crippen LogP contribution in [0.3, 0.4) is 0 Å². The highest BCUT2D eigenvalue weighted by atomic mass is 19.4. The normalized spacial score (nSPS) is 12.6. The molecule has 14 aromatic carbocycles. The van der Waals surface area contributed by atoms with Gasteiger partial charge < -0.3 is 14.4 Å². The van der Waals surface area contributed by atoms with Gasteiger partial charge in [-0.25, -0.2) is 0 Å². The van der Waals surface area contributed by atoms with Crippen molar-refractivity contribution < 1.29 is 26.3 Å². The molecule has 2 aliphatic rings. The summed E-state index contributed by atoms with van der Waals surface area (Å²) in [5, 5.41) is 1.74. The minimum atomic E-state index is -4.75. The molecular weight excluding hydrogens is 1220 g/mol. The third kappa shape index (κ3) is 10.3. The van der Waals surface area contributed by atoms with Crippen molar-refractivity contribution in [3.63, 3.8) is 0 Å². The van der Waals surface area contributed by atoms with E-state index < -0.39 is 23.5 Å². The van der Waals surface area contributed by atoms with Crippen molar-refractivity contribution in [2.75, 3.05) is 9.80 Å². The fraction of sp³-hybridized carbons (Fsp3) is 0.0455. The molecule has 0 spiro atoms. The average molecular weight is 1280 g/mol. The van der Waals surface area contributed by atoms with Crippen LogP contribution < -0.4 is 26.2 Å². The standard InChI is InChI=1S/C88H58BF6N3/c1-55-35-39-72(76(43-55)88(93,94)95)74-52-62(71-40-38-68(44-56(71)2)87(90,91)92)37-42-80(74)98-79-32-18-15-29-73(79)75-51-61(36-41-81(75)98)67-53-84-86-85(54-67)97(70-49-65(59-25-11-5-12-26-59)46-66(50-70)60-27-13-6-14-28-60)83-34-20-17-31-78(83)89(86)77-30-16-19-33-82(77)96(84)69-47-63(57-21-7-3-8-22-57)45-64(48-69)58-23-9-4-10-24-58/h3-54H,1-2H3. The highest BCUT2D eigenvalue weighted by molar-refractivity contribution is 7.00. The lowest BCUT2D eigenvalue weighted by atomic mass is 9.33. The minimum Gasteiger partial charge on any atom is -0.311 e. The van der Waals surface area contributed by atoms with Gasteiger partial charge in [-0.1, -0.05) is 212 Å². The van der Waals surface area contributed by atoms with Gasteiger partial charge in [-0.05, 0) is 217 Å². The first-order valence-electron chi connectivity index (χ1n) is 32.7. The van der Waals surface area contributed by atoms with Gasteiger partial charge in [0.15, 0.2) is 0 Å². The molecule has 470 valence electrons.